The van der Waals surface area contributed by atoms with E-state index in [1.807, 2.05) is 6.26 Å². The fourth-order valence-electron chi connectivity index (χ4n) is 1.16. The normalized spacial score (nSPS) is 16.1. The summed E-state index contributed by atoms with van der Waals surface area (Å²) in [7, 11) is 0. The predicted molar refractivity (Wildman–Crippen MR) is 74.9 cm³/mol. The molecule has 0 rings (SSSR count). The maximum absolute atomic E-state index is 11.8. The molecule has 0 spiro atoms. The number of carbonyl (C=O) groups is 2. The highest BCUT2D eigenvalue weighted by Gasteiger charge is 2.34. The molecule has 0 aliphatic carbocycles. The maximum atomic E-state index is 11.8. The minimum absolute atomic E-state index is 0.478. The Kier molecular flexibility index (Phi) is 8.09. The quantitative estimate of drug-likeness (QED) is 0.430. The van der Waals surface area contributed by atoms with Crippen LogP contribution in [0, 0.1) is 0 Å². The van der Waals surface area contributed by atoms with Gasteiger partial charge in [-0.15, -0.1) is 0 Å². The summed E-state index contributed by atoms with van der Waals surface area (Å²) in [6.07, 6.45) is 1.22. The van der Waals surface area contributed by atoms with E-state index in [0.29, 0.717) is 6.42 Å². The number of hydrogen-bond acceptors (Lipinski definition) is 5. The van der Waals surface area contributed by atoms with Gasteiger partial charge < -0.3 is 15.9 Å². The number of aliphatic hydroxyl groups excluding tert-OH is 1. The molecule has 0 saturated heterocycles. The van der Waals surface area contributed by atoms with Crippen molar-refractivity contribution in [2.24, 2.45) is 5.73 Å². The van der Waals surface area contributed by atoms with Crippen molar-refractivity contribution < 1.29 is 19.8 Å². The topological polar surface area (TPSA) is 104 Å². The van der Waals surface area contributed by atoms with Crippen LogP contribution in [0.5, 0.6) is 0 Å². The molecule has 1 amide bonds. The molecule has 6 nitrogen and oxygen atoms in total. The summed E-state index contributed by atoms with van der Waals surface area (Å²) in [6, 6.07) is -2.01. The fraction of sp³-hybridized carbons (Fsp3) is 0.778. The number of nitrogens with zero attached hydrogens (tertiary/aromatic N) is 1. The van der Waals surface area contributed by atoms with Crippen molar-refractivity contribution in [2.45, 2.75) is 31.5 Å². The molecule has 0 radical (unpaired) electrons. The lowest BCUT2D eigenvalue weighted by molar-refractivity contribution is -0.148. The molecular weight excluding hydrogens is 359 g/mol. The van der Waals surface area contributed by atoms with Crippen LogP contribution >= 0.6 is 34.6 Å². The van der Waals surface area contributed by atoms with Crippen LogP contribution in [0.15, 0.2) is 0 Å². The molecule has 4 N–H and O–H groups in total. The molecule has 0 aliphatic rings. The molecule has 0 heterocycles. The van der Waals surface area contributed by atoms with E-state index in [2.05, 4.69) is 0 Å². The Labute approximate surface area is 118 Å². The number of halogens is 1. The molecular formula is C9H17IN2O4S. The molecule has 0 fully saturated rings. The van der Waals surface area contributed by atoms with E-state index in [0.717, 1.165) is 8.87 Å². The van der Waals surface area contributed by atoms with Crippen LogP contribution in [0.2, 0.25) is 0 Å². The molecule has 3 atom stereocenters. The zero-order chi connectivity index (χ0) is 13.6. The van der Waals surface area contributed by atoms with Gasteiger partial charge in [-0.25, -0.2) is 4.79 Å². The van der Waals surface area contributed by atoms with Gasteiger partial charge in [-0.2, -0.15) is 11.8 Å². The van der Waals surface area contributed by atoms with Crippen LogP contribution in [0.1, 0.15) is 13.3 Å². The number of hydrogen-bond donors (Lipinski definition) is 3. The van der Waals surface area contributed by atoms with Gasteiger partial charge in [-0.3, -0.25) is 7.91 Å². The molecule has 0 aromatic rings. The minimum Gasteiger partial charge on any atom is -0.480 e. The first kappa shape index (κ1) is 16.9. The third-order valence-corrected chi connectivity index (χ3v) is 3.83. The van der Waals surface area contributed by atoms with Crippen molar-refractivity contribution >= 4 is 46.5 Å². The summed E-state index contributed by atoms with van der Waals surface area (Å²) >= 11 is 3.14. The summed E-state index contributed by atoms with van der Waals surface area (Å²) in [4.78, 5) is 22.7. The second-order valence-electron chi connectivity index (χ2n) is 3.56. The molecule has 0 unspecified atom stereocenters. The van der Waals surface area contributed by atoms with Gasteiger partial charge >= 0.3 is 5.97 Å². The summed E-state index contributed by atoms with van der Waals surface area (Å²) in [5, 5.41) is 18.3. The van der Waals surface area contributed by atoms with Gasteiger partial charge in [-0.1, -0.05) is 0 Å². The number of aliphatic hydroxyl groups is 1. The van der Waals surface area contributed by atoms with Crippen LogP contribution in [0.4, 0.5) is 0 Å². The van der Waals surface area contributed by atoms with Gasteiger partial charge in [0.25, 0.3) is 0 Å². The minimum atomic E-state index is -1.27. The lowest BCUT2D eigenvalue weighted by Crippen LogP contribution is -2.50. The van der Waals surface area contributed by atoms with Crippen molar-refractivity contribution in [3.63, 3.8) is 0 Å². The summed E-state index contributed by atoms with van der Waals surface area (Å²) in [5.41, 5.74) is 5.66. The van der Waals surface area contributed by atoms with Gasteiger partial charge in [0.1, 0.15) is 0 Å². The first-order valence-corrected chi connectivity index (χ1v) is 7.33. The van der Waals surface area contributed by atoms with Crippen molar-refractivity contribution in [2.75, 3.05) is 12.0 Å². The van der Waals surface area contributed by atoms with Gasteiger partial charge in [0.05, 0.1) is 35.0 Å². The van der Waals surface area contributed by atoms with Gasteiger partial charge in [0.15, 0.2) is 6.04 Å². The number of carboxylic acids is 1. The van der Waals surface area contributed by atoms with E-state index in [4.69, 9.17) is 10.8 Å². The highest BCUT2D eigenvalue weighted by atomic mass is 127. The zero-order valence-corrected chi connectivity index (χ0v) is 12.6. The van der Waals surface area contributed by atoms with E-state index in [1.54, 1.807) is 34.6 Å². The van der Waals surface area contributed by atoms with E-state index in [1.165, 1.54) is 6.92 Å². The number of carboxylic acid groups (broad SMARTS) is 1. The predicted octanol–water partition coefficient (Wildman–Crippen LogP) is 0.0794. The first-order valence-electron chi connectivity index (χ1n) is 4.97. The molecule has 0 aliphatic heterocycles. The number of carbonyl (C=O) groups excluding carboxylic acids is 1. The van der Waals surface area contributed by atoms with Crippen molar-refractivity contribution in [1.29, 1.82) is 0 Å². The van der Waals surface area contributed by atoms with Crippen LogP contribution in [-0.4, -0.2) is 55.4 Å². The molecule has 17 heavy (non-hydrogen) atoms. The zero-order valence-electron chi connectivity index (χ0n) is 9.67. The molecule has 8 heteroatoms. The Morgan fingerprint density at radius 3 is 2.41 bits per heavy atom. The molecule has 100 valence electrons. The largest absolute Gasteiger partial charge is 0.480 e. The van der Waals surface area contributed by atoms with Crippen LogP contribution in [0.3, 0.4) is 0 Å². The molecule has 0 aromatic carbocycles. The van der Waals surface area contributed by atoms with Gasteiger partial charge in [0.2, 0.25) is 5.91 Å². The highest BCUT2D eigenvalue weighted by molar-refractivity contribution is 14.1. The number of nitrogens with two attached hydrogens (primary N) is 1. The third-order valence-electron chi connectivity index (χ3n) is 2.11. The first-order chi connectivity index (χ1) is 7.82. The maximum Gasteiger partial charge on any atom is 0.329 e. The third kappa shape index (κ3) is 5.40. The second-order valence-corrected chi connectivity index (χ2v) is 5.59. The summed E-state index contributed by atoms with van der Waals surface area (Å²) in [5.74, 6) is -1.00. The van der Waals surface area contributed by atoms with Crippen LogP contribution in [-0.2, 0) is 9.59 Å². The number of thioether (sulfide) groups is 1. The Morgan fingerprint density at radius 1 is 1.53 bits per heavy atom. The lowest BCUT2D eigenvalue weighted by Gasteiger charge is -2.26. The average Bonchev–Trinajstić information content (AvgIpc) is 2.23. The average molecular weight is 376 g/mol. The van der Waals surface area contributed by atoms with Crippen molar-refractivity contribution in [1.82, 2.24) is 3.11 Å². The van der Waals surface area contributed by atoms with E-state index < -0.39 is 30.1 Å². The number of aliphatic carboxylic acids is 1. The smallest absolute Gasteiger partial charge is 0.329 e. The summed E-state index contributed by atoms with van der Waals surface area (Å²) in [6.45, 7) is 1.32. The Morgan fingerprint density at radius 2 is 2.06 bits per heavy atom. The number of amides is 1. The molecule has 0 saturated carbocycles. The van der Waals surface area contributed by atoms with Gasteiger partial charge in [-0.05, 0) is 25.4 Å². The van der Waals surface area contributed by atoms with E-state index in [9.17, 15) is 14.7 Å². The van der Waals surface area contributed by atoms with Crippen LogP contribution < -0.4 is 5.73 Å². The Hall–Kier alpha value is -0.0600. The lowest BCUT2D eigenvalue weighted by atomic mass is 10.1. The van der Waals surface area contributed by atoms with E-state index >= 15 is 0 Å². The monoisotopic (exact) mass is 376 g/mol. The standard InChI is InChI=1S/C9H17IN2O4S/c1-5(13)7(9(15)16)12(10)8(14)6(11)3-4-17-2/h5-7,13H,3-4,11H2,1-2H3,(H,15,16)/t5-,6+,7+/m1/s1. The second kappa shape index (κ2) is 8.11. The van der Waals surface area contributed by atoms with Crippen molar-refractivity contribution in [3.8, 4) is 0 Å². The fourth-order valence-corrected chi connectivity index (χ4v) is 2.71. The number of rotatable bonds is 7. The van der Waals surface area contributed by atoms with Gasteiger partial charge in [0, 0.05) is 0 Å². The van der Waals surface area contributed by atoms with Crippen LogP contribution in [0.25, 0.3) is 0 Å². The SMILES string of the molecule is CSCC[C@H](N)C(=O)N(I)[C@H](C(=O)O)[C@@H](C)O. The summed E-state index contributed by atoms with van der Waals surface area (Å²) < 4.78 is 0.968. The van der Waals surface area contributed by atoms with Crippen molar-refractivity contribution in [3.05, 3.63) is 0 Å². The molecule has 0 bridgehead atoms. The van der Waals surface area contributed by atoms with E-state index in [-0.39, 0.29) is 0 Å². The highest BCUT2D eigenvalue weighted by Crippen LogP contribution is 2.14. The molecule has 0 aromatic heterocycles. The Bertz CT molecular complexity index is 278. The Balaban J connectivity index is 4.60.